The number of hydrogen-bond acceptors (Lipinski definition) is 0. The summed E-state index contributed by atoms with van der Waals surface area (Å²) in [6, 6.07) is 17.5. The highest BCUT2D eigenvalue weighted by atomic mass is 14.9. The molecular formula is C14H12N2. The molecule has 0 saturated heterocycles. The van der Waals surface area contributed by atoms with E-state index >= 15 is 0 Å². The van der Waals surface area contributed by atoms with Gasteiger partial charge in [0.25, 0.3) is 0 Å². The van der Waals surface area contributed by atoms with E-state index < -0.39 is 0 Å². The van der Waals surface area contributed by atoms with Crippen molar-refractivity contribution < 1.29 is 4.79 Å². The van der Waals surface area contributed by atoms with E-state index in [9.17, 15) is 0 Å². The average molecular weight is 208 g/mol. The van der Waals surface area contributed by atoms with Crippen molar-refractivity contribution in [3.05, 3.63) is 76.8 Å². The smallest absolute Gasteiger partial charge is 0.329 e. The molecule has 0 atom stereocenters. The molecule has 0 aliphatic rings. The second-order valence-corrected chi connectivity index (χ2v) is 3.63. The molecule has 0 saturated carbocycles. The Morgan fingerprint density at radius 2 is 1.56 bits per heavy atom. The molecule has 2 rings (SSSR count). The molecule has 0 fully saturated rings. The van der Waals surface area contributed by atoms with Gasteiger partial charge in [-0.05, 0) is 30.7 Å². The Hall–Kier alpha value is -2.18. The molecule has 0 spiro atoms. The predicted molar refractivity (Wildman–Crippen MR) is 64.5 cm³/mol. The number of rotatable bonds is 2. The number of hydrogen-bond donors (Lipinski definition) is 0. The fourth-order valence-electron chi connectivity index (χ4n) is 1.70. The summed E-state index contributed by atoms with van der Waals surface area (Å²) in [5.74, 6) is 0. The van der Waals surface area contributed by atoms with Crippen LogP contribution in [-0.4, -0.2) is 10.5 Å². The first kappa shape index (κ1) is 10.3. The lowest BCUT2D eigenvalue weighted by molar-refractivity contribution is -0.00283. The second kappa shape index (κ2) is 4.56. The summed E-state index contributed by atoms with van der Waals surface area (Å²) in [5.41, 5.74) is 12.7. The van der Waals surface area contributed by atoms with Crippen molar-refractivity contribution in [2.24, 2.45) is 0 Å². The van der Waals surface area contributed by atoms with E-state index in [1.807, 2.05) is 61.5 Å². The van der Waals surface area contributed by atoms with Gasteiger partial charge in [0.2, 0.25) is 0 Å². The fraction of sp³-hybridized carbons (Fsp3) is 0.0714. The first-order chi connectivity index (χ1) is 7.83. The van der Waals surface area contributed by atoms with Gasteiger partial charge >= 0.3 is 5.71 Å². The number of nitrogens with zero attached hydrogens (tertiary/aromatic N) is 2. The molecule has 2 aromatic rings. The first-order valence-corrected chi connectivity index (χ1v) is 5.16. The zero-order chi connectivity index (χ0) is 11.4. The second-order valence-electron chi connectivity index (χ2n) is 3.63. The molecule has 78 valence electrons. The highest BCUT2D eigenvalue weighted by Gasteiger charge is 2.16. The molecule has 2 nitrogen and oxygen atoms in total. The van der Waals surface area contributed by atoms with Crippen LogP contribution in [0.3, 0.4) is 0 Å². The maximum absolute atomic E-state index is 9.15. The minimum atomic E-state index is 0.610. The van der Waals surface area contributed by atoms with E-state index in [1.54, 1.807) is 0 Å². The van der Waals surface area contributed by atoms with E-state index in [2.05, 4.69) is 4.79 Å². The van der Waals surface area contributed by atoms with Gasteiger partial charge in [0.1, 0.15) is 0 Å². The van der Waals surface area contributed by atoms with Crippen LogP contribution in [0.1, 0.15) is 16.7 Å². The normalized spacial score (nSPS) is 9.56. The maximum atomic E-state index is 9.15. The maximum Gasteiger partial charge on any atom is 0.329 e. The zero-order valence-corrected chi connectivity index (χ0v) is 9.09. The molecule has 2 heteroatoms. The van der Waals surface area contributed by atoms with Crippen LogP contribution in [-0.2, 0) is 0 Å². The molecule has 0 bridgehead atoms. The van der Waals surface area contributed by atoms with Crippen LogP contribution in [0.25, 0.3) is 5.53 Å². The number of aryl methyl sites for hydroxylation is 1. The van der Waals surface area contributed by atoms with Gasteiger partial charge in [0.15, 0.2) is 0 Å². The summed E-state index contributed by atoms with van der Waals surface area (Å²) in [4.78, 5) is 3.41. The Morgan fingerprint density at radius 1 is 0.938 bits per heavy atom. The van der Waals surface area contributed by atoms with Crippen LogP contribution in [0, 0.1) is 6.92 Å². The quantitative estimate of drug-likeness (QED) is 0.413. The van der Waals surface area contributed by atoms with Gasteiger partial charge in [-0.3, -0.25) is 0 Å². The van der Waals surface area contributed by atoms with Crippen LogP contribution in [0.4, 0.5) is 0 Å². The van der Waals surface area contributed by atoms with E-state index in [0.717, 1.165) is 16.7 Å². The van der Waals surface area contributed by atoms with Gasteiger partial charge in [-0.15, -0.1) is 0 Å². The monoisotopic (exact) mass is 208 g/mol. The average Bonchev–Trinajstić information content (AvgIpc) is 2.34. The van der Waals surface area contributed by atoms with E-state index in [-0.39, 0.29) is 0 Å². The van der Waals surface area contributed by atoms with Gasteiger partial charge in [-0.2, -0.15) is 4.79 Å². The van der Waals surface area contributed by atoms with Crippen LogP contribution in [0.2, 0.25) is 0 Å². The molecule has 0 radical (unpaired) electrons. The van der Waals surface area contributed by atoms with Crippen LogP contribution < -0.4 is 0 Å². The van der Waals surface area contributed by atoms with Crippen LogP contribution >= 0.6 is 0 Å². The van der Waals surface area contributed by atoms with E-state index in [1.165, 1.54) is 0 Å². The highest BCUT2D eigenvalue weighted by molar-refractivity contribution is 6.10. The Bertz CT molecular complexity index is 538. The van der Waals surface area contributed by atoms with Gasteiger partial charge in [0.05, 0.1) is 11.1 Å². The molecule has 16 heavy (non-hydrogen) atoms. The third-order valence-electron chi connectivity index (χ3n) is 2.55. The SMILES string of the molecule is Cc1ccccc1C(=[N+]=[N-])c1ccccc1. The van der Waals surface area contributed by atoms with Crippen molar-refractivity contribution in [2.75, 3.05) is 0 Å². The van der Waals surface area contributed by atoms with Gasteiger partial charge < -0.3 is 5.53 Å². The minimum Gasteiger partial charge on any atom is -0.361 e. The summed E-state index contributed by atoms with van der Waals surface area (Å²) < 4.78 is 0. The summed E-state index contributed by atoms with van der Waals surface area (Å²) in [6.45, 7) is 2.00. The molecule has 0 aromatic heterocycles. The first-order valence-electron chi connectivity index (χ1n) is 5.16. The fourth-order valence-corrected chi connectivity index (χ4v) is 1.70. The molecule has 0 aliphatic heterocycles. The van der Waals surface area contributed by atoms with Crippen LogP contribution in [0.15, 0.2) is 54.6 Å². The van der Waals surface area contributed by atoms with Crippen molar-refractivity contribution in [2.45, 2.75) is 6.92 Å². The Kier molecular flexibility index (Phi) is 2.95. The lowest BCUT2D eigenvalue weighted by atomic mass is 9.98. The molecule has 0 heterocycles. The third kappa shape index (κ3) is 1.92. The summed E-state index contributed by atoms with van der Waals surface area (Å²) in [7, 11) is 0. The lowest BCUT2D eigenvalue weighted by Gasteiger charge is -2.00. The standard InChI is InChI=1S/C14H12N2/c1-11-7-5-6-10-13(11)14(16-15)12-8-3-2-4-9-12/h2-10H,1H3. The Labute approximate surface area is 94.8 Å². The molecule has 2 aromatic carbocycles. The van der Waals surface area contributed by atoms with Crippen molar-refractivity contribution >= 4 is 5.71 Å². The third-order valence-corrected chi connectivity index (χ3v) is 2.55. The number of benzene rings is 2. The Morgan fingerprint density at radius 3 is 2.19 bits per heavy atom. The summed E-state index contributed by atoms with van der Waals surface area (Å²) in [5, 5.41) is 0. The molecule has 0 aliphatic carbocycles. The van der Waals surface area contributed by atoms with Crippen LogP contribution in [0.5, 0.6) is 0 Å². The van der Waals surface area contributed by atoms with Crippen molar-refractivity contribution in [3.8, 4) is 0 Å². The van der Waals surface area contributed by atoms with E-state index in [4.69, 9.17) is 5.53 Å². The van der Waals surface area contributed by atoms with Crippen molar-refractivity contribution in [3.63, 3.8) is 0 Å². The molecule has 0 unspecified atom stereocenters. The summed E-state index contributed by atoms with van der Waals surface area (Å²) in [6.07, 6.45) is 0. The topological polar surface area (TPSA) is 36.4 Å². The summed E-state index contributed by atoms with van der Waals surface area (Å²) >= 11 is 0. The highest BCUT2D eigenvalue weighted by Crippen LogP contribution is 2.12. The van der Waals surface area contributed by atoms with Crippen molar-refractivity contribution in [1.82, 2.24) is 0 Å². The Balaban J connectivity index is 2.55. The molecule has 0 amide bonds. The van der Waals surface area contributed by atoms with E-state index in [0.29, 0.717) is 5.71 Å². The van der Waals surface area contributed by atoms with Gasteiger partial charge in [-0.1, -0.05) is 36.4 Å². The lowest BCUT2D eigenvalue weighted by Crippen LogP contribution is -2.06. The van der Waals surface area contributed by atoms with Gasteiger partial charge in [-0.25, -0.2) is 0 Å². The largest absolute Gasteiger partial charge is 0.361 e. The minimum absolute atomic E-state index is 0.610. The molecular weight excluding hydrogens is 196 g/mol. The molecule has 0 N–H and O–H groups in total. The van der Waals surface area contributed by atoms with Crippen molar-refractivity contribution in [1.29, 1.82) is 0 Å². The predicted octanol–water partition coefficient (Wildman–Crippen LogP) is 3.06. The zero-order valence-electron chi connectivity index (χ0n) is 9.09. The van der Waals surface area contributed by atoms with Gasteiger partial charge in [0, 0.05) is 0 Å².